The molecule has 0 saturated carbocycles. The number of piperidine rings is 1. The van der Waals surface area contributed by atoms with E-state index in [4.69, 9.17) is 4.98 Å². The first-order valence-electron chi connectivity index (χ1n) is 9.65. The van der Waals surface area contributed by atoms with Crippen molar-refractivity contribution < 1.29 is 0 Å². The highest BCUT2D eigenvalue weighted by atomic mass is 35.5. The number of imidazole rings is 1. The van der Waals surface area contributed by atoms with E-state index in [-0.39, 0.29) is 24.8 Å². The van der Waals surface area contributed by atoms with Crippen LogP contribution in [0.2, 0.25) is 0 Å². The molecule has 0 aliphatic carbocycles. The highest BCUT2D eigenvalue weighted by molar-refractivity contribution is 5.85. The Morgan fingerprint density at radius 3 is 2.18 bits per heavy atom. The van der Waals surface area contributed by atoms with Gasteiger partial charge in [-0.3, -0.25) is 4.90 Å². The number of aromatic amines is 1. The van der Waals surface area contributed by atoms with E-state index in [1.54, 1.807) is 0 Å². The summed E-state index contributed by atoms with van der Waals surface area (Å²) in [6.45, 7) is 5.37. The van der Waals surface area contributed by atoms with Gasteiger partial charge < -0.3 is 4.98 Å². The fourth-order valence-corrected chi connectivity index (χ4v) is 3.98. The number of aryl methyl sites for hydroxylation is 1. The summed E-state index contributed by atoms with van der Waals surface area (Å²) < 4.78 is 0. The molecule has 1 fully saturated rings. The summed E-state index contributed by atoms with van der Waals surface area (Å²) in [6, 6.07) is 21.3. The van der Waals surface area contributed by atoms with Crippen LogP contribution in [0.3, 0.4) is 0 Å². The van der Waals surface area contributed by atoms with E-state index in [2.05, 4.69) is 71.4 Å². The number of nitrogens with one attached hydrogen (secondary N) is 1. The number of hydrogen-bond acceptors (Lipinski definition) is 2. The largest absolute Gasteiger partial charge is 0.344 e. The predicted octanol–water partition coefficient (Wildman–Crippen LogP) is 5.68. The van der Waals surface area contributed by atoms with Gasteiger partial charge in [0, 0.05) is 11.3 Å². The minimum absolute atomic E-state index is 0. The first kappa shape index (κ1) is 22.5. The first-order valence-corrected chi connectivity index (χ1v) is 9.65. The molecule has 0 radical (unpaired) electrons. The monoisotopic (exact) mass is 417 g/mol. The molecule has 5 heteroatoms. The molecule has 0 atom stereocenters. The molecule has 0 bridgehead atoms. The van der Waals surface area contributed by atoms with Crippen molar-refractivity contribution in [2.24, 2.45) is 5.92 Å². The van der Waals surface area contributed by atoms with Gasteiger partial charge in [0.25, 0.3) is 0 Å². The van der Waals surface area contributed by atoms with Crippen LogP contribution in [-0.2, 0) is 13.0 Å². The second-order valence-electron chi connectivity index (χ2n) is 7.43. The van der Waals surface area contributed by atoms with Crippen LogP contribution in [0.5, 0.6) is 0 Å². The normalized spacial score (nSPS) is 14.9. The van der Waals surface area contributed by atoms with E-state index >= 15 is 0 Å². The van der Waals surface area contributed by atoms with Crippen molar-refractivity contribution in [1.29, 1.82) is 0 Å². The molecule has 1 aliphatic rings. The molecule has 1 aromatic heterocycles. The molecular formula is C23H29Cl2N3. The van der Waals surface area contributed by atoms with Crippen molar-refractivity contribution in [2.45, 2.75) is 32.7 Å². The molecule has 1 aliphatic heterocycles. The Balaban J connectivity index is 0.00000140. The average molecular weight is 418 g/mol. The number of halogens is 2. The second kappa shape index (κ2) is 10.7. The maximum absolute atomic E-state index is 4.86. The van der Waals surface area contributed by atoms with Crippen LogP contribution >= 0.6 is 24.8 Å². The SMILES string of the molecule is Cc1[nH]c(CN2CCC(Cc3ccccc3)CC2)nc1-c1ccccc1.Cl.Cl. The van der Waals surface area contributed by atoms with Gasteiger partial charge in [-0.25, -0.2) is 4.98 Å². The minimum Gasteiger partial charge on any atom is -0.344 e. The number of H-pyrrole nitrogens is 1. The molecule has 2 aromatic carbocycles. The molecule has 28 heavy (non-hydrogen) atoms. The van der Waals surface area contributed by atoms with Crippen LogP contribution in [-0.4, -0.2) is 28.0 Å². The summed E-state index contributed by atoms with van der Waals surface area (Å²) >= 11 is 0. The molecule has 4 rings (SSSR count). The van der Waals surface area contributed by atoms with Crippen LogP contribution < -0.4 is 0 Å². The highest BCUT2D eigenvalue weighted by Gasteiger charge is 2.20. The number of rotatable bonds is 5. The number of hydrogen-bond donors (Lipinski definition) is 1. The van der Waals surface area contributed by atoms with Gasteiger partial charge in [-0.1, -0.05) is 60.7 Å². The van der Waals surface area contributed by atoms with Crippen molar-refractivity contribution in [2.75, 3.05) is 13.1 Å². The Morgan fingerprint density at radius 2 is 1.54 bits per heavy atom. The Morgan fingerprint density at radius 1 is 0.929 bits per heavy atom. The third-order valence-electron chi connectivity index (χ3n) is 5.43. The Kier molecular flexibility index (Phi) is 8.56. The molecular weight excluding hydrogens is 389 g/mol. The molecule has 2 heterocycles. The summed E-state index contributed by atoms with van der Waals surface area (Å²) in [5.41, 5.74) is 4.90. The van der Waals surface area contributed by atoms with E-state index in [0.717, 1.165) is 42.8 Å². The smallest absolute Gasteiger partial charge is 0.121 e. The fraction of sp³-hybridized carbons (Fsp3) is 0.348. The molecule has 0 amide bonds. The fourth-order valence-electron chi connectivity index (χ4n) is 3.98. The van der Waals surface area contributed by atoms with Crippen molar-refractivity contribution >= 4 is 24.8 Å². The maximum atomic E-state index is 4.86. The van der Waals surface area contributed by atoms with E-state index in [9.17, 15) is 0 Å². The molecule has 0 unspecified atom stereocenters. The van der Waals surface area contributed by atoms with E-state index in [0.29, 0.717) is 0 Å². The lowest BCUT2D eigenvalue weighted by Crippen LogP contribution is -2.34. The van der Waals surface area contributed by atoms with Crippen molar-refractivity contribution in [3.05, 3.63) is 77.7 Å². The summed E-state index contributed by atoms with van der Waals surface area (Å²) in [5, 5.41) is 0. The zero-order valence-electron chi connectivity index (χ0n) is 16.3. The topological polar surface area (TPSA) is 31.9 Å². The van der Waals surface area contributed by atoms with E-state index in [1.807, 2.05) is 6.07 Å². The Bertz CT molecular complexity index is 826. The van der Waals surface area contributed by atoms with Gasteiger partial charge in [0.05, 0.1) is 12.2 Å². The van der Waals surface area contributed by atoms with Gasteiger partial charge in [-0.15, -0.1) is 24.8 Å². The summed E-state index contributed by atoms with van der Waals surface area (Å²) in [6.07, 6.45) is 3.77. The lowest BCUT2D eigenvalue weighted by atomic mass is 9.90. The quantitative estimate of drug-likeness (QED) is 0.578. The van der Waals surface area contributed by atoms with Gasteiger partial charge >= 0.3 is 0 Å². The van der Waals surface area contributed by atoms with Crippen LogP contribution in [0.15, 0.2) is 60.7 Å². The second-order valence-corrected chi connectivity index (χ2v) is 7.43. The lowest BCUT2D eigenvalue weighted by molar-refractivity contribution is 0.174. The molecule has 1 saturated heterocycles. The Hall–Kier alpha value is -1.81. The van der Waals surface area contributed by atoms with Crippen molar-refractivity contribution in [1.82, 2.24) is 14.9 Å². The molecule has 3 nitrogen and oxygen atoms in total. The third kappa shape index (κ3) is 5.60. The molecule has 3 aromatic rings. The summed E-state index contributed by atoms with van der Waals surface area (Å²) in [5.74, 6) is 1.90. The molecule has 150 valence electrons. The summed E-state index contributed by atoms with van der Waals surface area (Å²) in [4.78, 5) is 10.9. The zero-order chi connectivity index (χ0) is 17.8. The predicted molar refractivity (Wildman–Crippen MR) is 121 cm³/mol. The summed E-state index contributed by atoms with van der Waals surface area (Å²) in [7, 11) is 0. The van der Waals surface area contributed by atoms with Crippen LogP contribution in [0.4, 0.5) is 0 Å². The van der Waals surface area contributed by atoms with Crippen LogP contribution in [0, 0.1) is 12.8 Å². The highest BCUT2D eigenvalue weighted by Crippen LogP contribution is 2.24. The minimum atomic E-state index is 0. The van der Waals surface area contributed by atoms with Gasteiger partial charge in [0.2, 0.25) is 0 Å². The number of aromatic nitrogens is 2. The van der Waals surface area contributed by atoms with E-state index in [1.165, 1.54) is 30.4 Å². The van der Waals surface area contributed by atoms with Gasteiger partial charge in [-0.2, -0.15) is 0 Å². The molecule has 1 N–H and O–H groups in total. The van der Waals surface area contributed by atoms with Crippen molar-refractivity contribution in [3.8, 4) is 11.3 Å². The first-order chi connectivity index (χ1) is 12.8. The zero-order valence-corrected chi connectivity index (χ0v) is 17.9. The van der Waals surface area contributed by atoms with Gasteiger partial charge in [-0.05, 0) is 50.8 Å². The van der Waals surface area contributed by atoms with Gasteiger partial charge in [0.15, 0.2) is 0 Å². The number of likely N-dealkylation sites (tertiary alicyclic amines) is 1. The third-order valence-corrected chi connectivity index (χ3v) is 5.43. The standard InChI is InChI=1S/C23H27N3.2ClH/c1-18-23(21-10-6-3-7-11-21)25-22(24-18)17-26-14-12-20(13-15-26)16-19-8-4-2-5-9-19;;/h2-11,20H,12-17H2,1H3,(H,24,25);2*1H. The average Bonchev–Trinajstić information content (AvgIpc) is 3.05. The van der Waals surface area contributed by atoms with Crippen LogP contribution in [0.1, 0.15) is 29.9 Å². The lowest BCUT2D eigenvalue weighted by Gasteiger charge is -2.31. The van der Waals surface area contributed by atoms with E-state index < -0.39 is 0 Å². The van der Waals surface area contributed by atoms with Gasteiger partial charge in [0.1, 0.15) is 5.82 Å². The van der Waals surface area contributed by atoms with Crippen molar-refractivity contribution in [3.63, 3.8) is 0 Å². The molecule has 0 spiro atoms. The Labute approximate surface area is 180 Å². The maximum Gasteiger partial charge on any atom is 0.121 e. The number of benzene rings is 2. The number of nitrogens with zero attached hydrogens (tertiary/aromatic N) is 2. The van der Waals surface area contributed by atoms with Crippen LogP contribution in [0.25, 0.3) is 11.3 Å².